The lowest BCUT2D eigenvalue weighted by Gasteiger charge is -2.11. The molecule has 0 spiro atoms. The minimum absolute atomic E-state index is 0.0523. The number of nitro benzene ring substituents is 1. The highest BCUT2D eigenvalue weighted by Crippen LogP contribution is 2.33. The Kier molecular flexibility index (Phi) is 4.70. The molecule has 0 amide bonds. The van der Waals surface area contributed by atoms with Gasteiger partial charge in [0.2, 0.25) is 0 Å². The van der Waals surface area contributed by atoms with E-state index in [-0.39, 0.29) is 12.3 Å². The molecule has 88 valence electrons. The van der Waals surface area contributed by atoms with Crippen molar-refractivity contribution in [3.05, 3.63) is 32.8 Å². The lowest BCUT2D eigenvalue weighted by molar-refractivity contribution is -0.385. The number of nitro groups is 1. The van der Waals surface area contributed by atoms with E-state index < -0.39 is 11.0 Å². The Hall–Kier alpha value is -1.14. The predicted molar refractivity (Wildman–Crippen MR) is 62.6 cm³/mol. The molecular weight excluding hydrogens is 278 g/mol. The molecule has 1 N–H and O–H groups in total. The standard InChI is InChI=1S/C10H12BrNO4/c1-2-7(13)6-16-9-5-3-4-8(10(9)11)12(14)15/h3-5,7,13H,2,6H2,1H3. The van der Waals surface area contributed by atoms with E-state index in [1.165, 1.54) is 12.1 Å². The van der Waals surface area contributed by atoms with Crippen molar-refractivity contribution in [1.29, 1.82) is 0 Å². The maximum atomic E-state index is 10.6. The zero-order chi connectivity index (χ0) is 12.1. The quantitative estimate of drug-likeness (QED) is 0.668. The number of hydrogen-bond donors (Lipinski definition) is 1. The monoisotopic (exact) mass is 289 g/mol. The molecule has 1 unspecified atom stereocenters. The van der Waals surface area contributed by atoms with Crippen LogP contribution in [0.4, 0.5) is 5.69 Å². The van der Waals surface area contributed by atoms with Crippen LogP contribution in [0.25, 0.3) is 0 Å². The van der Waals surface area contributed by atoms with Crippen LogP contribution in [0.3, 0.4) is 0 Å². The number of rotatable bonds is 5. The fourth-order valence-corrected chi connectivity index (χ4v) is 1.58. The molecular formula is C10H12BrNO4. The van der Waals surface area contributed by atoms with Crippen molar-refractivity contribution < 1.29 is 14.8 Å². The average molecular weight is 290 g/mol. The number of aliphatic hydroxyl groups excluding tert-OH is 1. The van der Waals surface area contributed by atoms with Crippen LogP contribution >= 0.6 is 15.9 Å². The highest BCUT2D eigenvalue weighted by Gasteiger charge is 2.16. The Balaban J connectivity index is 2.81. The molecule has 1 rings (SSSR count). The van der Waals surface area contributed by atoms with Gasteiger partial charge in [0, 0.05) is 6.07 Å². The molecule has 0 aliphatic rings. The van der Waals surface area contributed by atoms with Crippen LogP contribution in [0.15, 0.2) is 22.7 Å². The summed E-state index contributed by atoms with van der Waals surface area (Å²) in [6, 6.07) is 4.53. The molecule has 0 aliphatic carbocycles. The number of benzene rings is 1. The van der Waals surface area contributed by atoms with Crippen LogP contribution in [0.1, 0.15) is 13.3 Å². The summed E-state index contributed by atoms with van der Waals surface area (Å²) in [5.74, 6) is 0.363. The van der Waals surface area contributed by atoms with E-state index in [4.69, 9.17) is 4.74 Å². The van der Waals surface area contributed by atoms with Crippen LogP contribution in [0, 0.1) is 10.1 Å². The molecule has 1 aromatic rings. The van der Waals surface area contributed by atoms with Gasteiger partial charge in [-0.3, -0.25) is 10.1 Å². The second-order valence-corrected chi connectivity index (χ2v) is 4.01. The Bertz CT molecular complexity index is 383. The first kappa shape index (κ1) is 12.9. The summed E-state index contributed by atoms with van der Waals surface area (Å²) in [5.41, 5.74) is -0.0523. The zero-order valence-corrected chi connectivity index (χ0v) is 10.3. The van der Waals surface area contributed by atoms with Crippen molar-refractivity contribution in [2.24, 2.45) is 0 Å². The second kappa shape index (κ2) is 5.81. The predicted octanol–water partition coefficient (Wildman–Crippen LogP) is 2.51. The number of aliphatic hydroxyl groups is 1. The van der Waals surface area contributed by atoms with Gasteiger partial charge in [-0.05, 0) is 28.4 Å². The van der Waals surface area contributed by atoms with Gasteiger partial charge in [-0.25, -0.2) is 0 Å². The minimum Gasteiger partial charge on any atom is -0.489 e. The number of nitrogens with zero attached hydrogens (tertiary/aromatic N) is 1. The maximum absolute atomic E-state index is 10.6. The zero-order valence-electron chi connectivity index (χ0n) is 8.72. The second-order valence-electron chi connectivity index (χ2n) is 3.22. The summed E-state index contributed by atoms with van der Waals surface area (Å²) >= 11 is 3.11. The molecule has 16 heavy (non-hydrogen) atoms. The largest absolute Gasteiger partial charge is 0.489 e. The summed E-state index contributed by atoms with van der Waals surface area (Å²) in [4.78, 5) is 10.1. The van der Waals surface area contributed by atoms with Crippen molar-refractivity contribution in [2.75, 3.05) is 6.61 Å². The number of halogens is 1. The number of hydrogen-bond acceptors (Lipinski definition) is 4. The van der Waals surface area contributed by atoms with E-state index >= 15 is 0 Å². The third kappa shape index (κ3) is 3.18. The van der Waals surface area contributed by atoms with Crippen LogP contribution in [-0.2, 0) is 0 Å². The van der Waals surface area contributed by atoms with E-state index in [0.717, 1.165) is 0 Å². The minimum atomic E-state index is -0.564. The van der Waals surface area contributed by atoms with Gasteiger partial charge in [-0.15, -0.1) is 0 Å². The van der Waals surface area contributed by atoms with Crippen molar-refractivity contribution in [2.45, 2.75) is 19.4 Å². The van der Waals surface area contributed by atoms with Crippen LogP contribution < -0.4 is 4.74 Å². The van der Waals surface area contributed by atoms with E-state index in [1.807, 2.05) is 6.92 Å². The summed E-state index contributed by atoms with van der Waals surface area (Å²) in [6.45, 7) is 1.95. The highest BCUT2D eigenvalue weighted by molar-refractivity contribution is 9.10. The van der Waals surface area contributed by atoms with Gasteiger partial charge < -0.3 is 9.84 Å². The van der Waals surface area contributed by atoms with E-state index in [2.05, 4.69) is 15.9 Å². The van der Waals surface area contributed by atoms with Gasteiger partial charge >= 0.3 is 0 Å². The van der Waals surface area contributed by atoms with Crippen molar-refractivity contribution in [3.8, 4) is 5.75 Å². The molecule has 0 saturated heterocycles. The summed E-state index contributed by atoms with van der Waals surface area (Å²) < 4.78 is 5.57. The van der Waals surface area contributed by atoms with E-state index in [0.29, 0.717) is 16.6 Å². The molecule has 6 heteroatoms. The van der Waals surface area contributed by atoms with Crippen LogP contribution in [0.5, 0.6) is 5.75 Å². The van der Waals surface area contributed by atoms with Gasteiger partial charge in [0.15, 0.2) is 0 Å². The van der Waals surface area contributed by atoms with Gasteiger partial charge in [0.25, 0.3) is 5.69 Å². The molecule has 0 fully saturated rings. The lowest BCUT2D eigenvalue weighted by atomic mass is 10.3. The average Bonchev–Trinajstić information content (AvgIpc) is 2.26. The lowest BCUT2D eigenvalue weighted by Crippen LogP contribution is -2.16. The summed E-state index contributed by atoms with van der Waals surface area (Å²) in [7, 11) is 0. The SMILES string of the molecule is CCC(O)COc1cccc([N+](=O)[O-])c1Br. The Morgan fingerprint density at radius 1 is 1.62 bits per heavy atom. The molecule has 0 bridgehead atoms. The molecule has 0 radical (unpaired) electrons. The highest BCUT2D eigenvalue weighted by atomic mass is 79.9. The summed E-state index contributed by atoms with van der Waals surface area (Å²) in [5, 5.41) is 20.0. The third-order valence-corrected chi connectivity index (χ3v) is 2.84. The van der Waals surface area contributed by atoms with E-state index in [1.54, 1.807) is 6.07 Å². The molecule has 0 aliphatic heterocycles. The Morgan fingerprint density at radius 2 is 2.31 bits per heavy atom. The van der Waals surface area contributed by atoms with Gasteiger partial charge in [-0.2, -0.15) is 0 Å². The molecule has 0 heterocycles. The Morgan fingerprint density at radius 3 is 2.88 bits per heavy atom. The van der Waals surface area contributed by atoms with Crippen LogP contribution in [-0.4, -0.2) is 22.7 Å². The van der Waals surface area contributed by atoms with Gasteiger partial charge in [-0.1, -0.05) is 13.0 Å². The molecule has 1 aromatic carbocycles. The molecule has 0 saturated carbocycles. The number of ether oxygens (including phenoxy) is 1. The van der Waals surface area contributed by atoms with Crippen molar-refractivity contribution in [1.82, 2.24) is 0 Å². The fraction of sp³-hybridized carbons (Fsp3) is 0.400. The van der Waals surface area contributed by atoms with Gasteiger partial charge in [0.05, 0.1) is 11.0 Å². The molecule has 5 nitrogen and oxygen atoms in total. The smallest absolute Gasteiger partial charge is 0.287 e. The first-order valence-corrected chi connectivity index (χ1v) is 5.59. The van der Waals surface area contributed by atoms with Gasteiger partial charge in [0.1, 0.15) is 16.8 Å². The maximum Gasteiger partial charge on any atom is 0.287 e. The Labute approximate surface area is 101 Å². The third-order valence-electron chi connectivity index (χ3n) is 2.04. The first-order valence-electron chi connectivity index (χ1n) is 4.80. The van der Waals surface area contributed by atoms with E-state index in [9.17, 15) is 15.2 Å². The summed E-state index contributed by atoms with van der Waals surface area (Å²) in [6.07, 6.45) is 0.0122. The normalized spacial score (nSPS) is 12.2. The molecule has 1 atom stereocenters. The topological polar surface area (TPSA) is 72.6 Å². The molecule has 0 aromatic heterocycles. The van der Waals surface area contributed by atoms with Crippen LogP contribution in [0.2, 0.25) is 0 Å². The van der Waals surface area contributed by atoms with Crippen molar-refractivity contribution in [3.63, 3.8) is 0 Å². The first-order chi connectivity index (χ1) is 7.56. The fourth-order valence-electron chi connectivity index (χ4n) is 1.06. The van der Waals surface area contributed by atoms with Crippen molar-refractivity contribution >= 4 is 21.6 Å².